The van der Waals surface area contributed by atoms with E-state index in [0.717, 1.165) is 59.6 Å². The number of rotatable bonds is 18. The van der Waals surface area contributed by atoms with Crippen LogP contribution >= 0.6 is 11.6 Å². The summed E-state index contributed by atoms with van der Waals surface area (Å²) < 4.78 is 5.66. The number of fused-ring (bicyclic) bond motifs is 1. The summed E-state index contributed by atoms with van der Waals surface area (Å²) in [5.74, 6) is 0.354. The molecule has 3 amide bonds. The number of nitrogens with two attached hydrogens (primary N) is 2. The van der Waals surface area contributed by atoms with Gasteiger partial charge in [-0.2, -0.15) is 0 Å². The fourth-order valence-corrected chi connectivity index (χ4v) is 8.11. The summed E-state index contributed by atoms with van der Waals surface area (Å²) in [6.45, 7) is 8.43. The molecule has 5 heterocycles. The van der Waals surface area contributed by atoms with E-state index < -0.39 is 5.54 Å². The van der Waals surface area contributed by atoms with Crippen molar-refractivity contribution in [3.8, 4) is 11.1 Å². The van der Waals surface area contributed by atoms with E-state index in [-0.39, 0.29) is 36.0 Å². The number of aromatic nitrogens is 4. The molecule has 2 aliphatic heterocycles. The molecule has 17 heteroatoms. The van der Waals surface area contributed by atoms with Crippen LogP contribution in [0, 0.1) is 0 Å². The summed E-state index contributed by atoms with van der Waals surface area (Å²) in [5, 5.41) is 10.8. The first kappa shape index (κ1) is 44.4. The first-order valence-corrected chi connectivity index (χ1v) is 21.8. The number of carbonyl (C=O) groups excluding carboxylic acids is 3. The molecule has 0 saturated carbocycles. The van der Waals surface area contributed by atoms with Gasteiger partial charge in [0, 0.05) is 81.9 Å². The van der Waals surface area contributed by atoms with Gasteiger partial charge in [-0.3, -0.25) is 19.3 Å². The van der Waals surface area contributed by atoms with Crippen LogP contribution in [0.5, 0.6) is 0 Å². The zero-order valence-electron chi connectivity index (χ0n) is 35.2. The molecule has 0 aliphatic carbocycles. The highest BCUT2D eigenvalue weighted by Gasteiger charge is 2.39. The Labute approximate surface area is 367 Å². The highest BCUT2D eigenvalue weighted by atomic mass is 35.5. The number of nitrogen functional groups attached to an aromatic ring is 1. The second kappa shape index (κ2) is 20.9. The molecular formula is C45H57ClN12O4. The molecule has 8 N–H and O–H groups in total. The van der Waals surface area contributed by atoms with Gasteiger partial charge in [-0.25, -0.2) is 15.0 Å². The van der Waals surface area contributed by atoms with Gasteiger partial charge in [-0.15, -0.1) is 0 Å². The third-order valence-electron chi connectivity index (χ3n) is 11.8. The second-order valence-corrected chi connectivity index (χ2v) is 16.4. The number of piperazine rings is 1. The quantitative estimate of drug-likeness (QED) is 0.0699. The zero-order valence-corrected chi connectivity index (χ0v) is 36.0. The van der Waals surface area contributed by atoms with Gasteiger partial charge >= 0.3 is 0 Å². The molecule has 62 heavy (non-hydrogen) atoms. The Bertz CT molecular complexity index is 2290. The largest absolute Gasteiger partial charge is 0.397 e. The van der Waals surface area contributed by atoms with Crippen molar-refractivity contribution in [1.82, 2.24) is 45.7 Å². The number of aromatic amines is 1. The van der Waals surface area contributed by atoms with Crippen molar-refractivity contribution in [3.05, 3.63) is 101 Å². The third kappa shape index (κ3) is 11.2. The molecule has 2 saturated heterocycles. The predicted octanol–water partition coefficient (Wildman–Crippen LogP) is 3.54. The topological polar surface area (TPSA) is 213 Å². The van der Waals surface area contributed by atoms with Crippen molar-refractivity contribution in [3.63, 3.8) is 0 Å². The minimum Gasteiger partial charge on any atom is -0.397 e. The van der Waals surface area contributed by atoms with Crippen LogP contribution in [-0.4, -0.2) is 132 Å². The van der Waals surface area contributed by atoms with Crippen molar-refractivity contribution >= 4 is 51.9 Å². The molecule has 5 aromatic rings. The van der Waals surface area contributed by atoms with Crippen LogP contribution < -0.4 is 32.3 Å². The predicted molar refractivity (Wildman–Crippen MR) is 242 cm³/mol. The maximum atomic E-state index is 13.9. The Morgan fingerprint density at radius 1 is 0.935 bits per heavy atom. The molecule has 3 aromatic heterocycles. The summed E-state index contributed by atoms with van der Waals surface area (Å²) >= 11 is 6.22. The SMILES string of the molecule is CCc1cccc(-c2cnc(C(=O)NCCOCCNCC(=O)N3CCN(CC[C@@H](NC(=O)C4(N)CCN(c5ncnc6[nH]ccc56)CC4)c4ccc(Cl)cc4)CC3)c(N)c2)c1. The summed E-state index contributed by atoms with van der Waals surface area (Å²) in [6.07, 6.45) is 7.64. The highest BCUT2D eigenvalue weighted by molar-refractivity contribution is 6.30. The van der Waals surface area contributed by atoms with Crippen molar-refractivity contribution in [2.75, 3.05) is 89.3 Å². The van der Waals surface area contributed by atoms with Crippen LogP contribution in [0.4, 0.5) is 11.5 Å². The zero-order chi connectivity index (χ0) is 43.5. The summed E-state index contributed by atoms with van der Waals surface area (Å²) in [6, 6.07) is 19.2. The number of benzene rings is 2. The number of pyridine rings is 1. The van der Waals surface area contributed by atoms with Gasteiger partial charge in [0.05, 0.1) is 42.4 Å². The van der Waals surface area contributed by atoms with Crippen LogP contribution in [0.25, 0.3) is 22.2 Å². The monoisotopic (exact) mass is 864 g/mol. The smallest absolute Gasteiger partial charge is 0.272 e. The molecule has 2 aliphatic rings. The number of halogens is 1. The fraction of sp³-hybridized carbons (Fsp3) is 0.422. The number of amides is 3. The number of aryl methyl sites for hydroxylation is 1. The van der Waals surface area contributed by atoms with Gasteiger partial charge in [-0.1, -0.05) is 54.9 Å². The lowest BCUT2D eigenvalue weighted by Crippen LogP contribution is -2.60. The number of anilines is 2. The van der Waals surface area contributed by atoms with E-state index in [1.807, 2.05) is 53.6 Å². The molecule has 0 radical (unpaired) electrons. The van der Waals surface area contributed by atoms with Crippen LogP contribution in [0.2, 0.25) is 5.02 Å². The van der Waals surface area contributed by atoms with E-state index >= 15 is 0 Å². The maximum Gasteiger partial charge on any atom is 0.272 e. The molecule has 16 nitrogen and oxygen atoms in total. The van der Waals surface area contributed by atoms with Gasteiger partial charge in [0.15, 0.2) is 5.69 Å². The van der Waals surface area contributed by atoms with Crippen LogP contribution in [0.15, 0.2) is 79.4 Å². The maximum absolute atomic E-state index is 13.9. The Kier molecular flexibility index (Phi) is 15.0. The summed E-state index contributed by atoms with van der Waals surface area (Å²) in [7, 11) is 0. The minimum absolute atomic E-state index is 0.0360. The fourth-order valence-electron chi connectivity index (χ4n) is 7.98. The van der Waals surface area contributed by atoms with Crippen LogP contribution in [0.1, 0.15) is 53.8 Å². The average Bonchev–Trinajstić information content (AvgIpc) is 3.79. The molecule has 7 rings (SSSR count). The number of piperidine rings is 1. The van der Waals surface area contributed by atoms with E-state index in [1.165, 1.54) is 5.56 Å². The van der Waals surface area contributed by atoms with E-state index in [4.69, 9.17) is 27.8 Å². The third-order valence-corrected chi connectivity index (χ3v) is 12.1. The Morgan fingerprint density at radius 3 is 2.47 bits per heavy atom. The van der Waals surface area contributed by atoms with E-state index in [1.54, 1.807) is 18.6 Å². The molecular weight excluding hydrogens is 808 g/mol. The Hall–Kier alpha value is -5.65. The number of hydrogen-bond donors (Lipinski definition) is 6. The van der Waals surface area contributed by atoms with Crippen molar-refractivity contribution in [1.29, 1.82) is 0 Å². The number of nitrogens with one attached hydrogen (secondary N) is 4. The summed E-state index contributed by atoms with van der Waals surface area (Å²) in [5.41, 5.74) is 17.3. The highest BCUT2D eigenvalue weighted by Crippen LogP contribution is 2.30. The van der Waals surface area contributed by atoms with E-state index in [2.05, 4.69) is 64.7 Å². The number of H-pyrrole nitrogens is 1. The van der Waals surface area contributed by atoms with E-state index in [9.17, 15) is 14.4 Å². The Morgan fingerprint density at radius 2 is 1.71 bits per heavy atom. The first-order chi connectivity index (χ1) is 30.1. The van der Waals surface area contributed by atoms with Crippen molar-refractivity contribution in [2.24, 2.45) is 5.73 Å². The second-order valence-electron chi connectivity index (χ2n) is 15.9. The molecule has 0 bridgehead atoms. The lowest BCUT2D eigenvalue weighted by molar-refractivity contribution is -0.132. The van der Waals surface area contributed by atoms with Crippen LogP contribution in [-0.2, 0) is 20.7 Å². The molecule has 2 fully saturated rings. The first-order valence-electron chi connectivity index (χ1n) is 21.4. The minimum atomic E-state index is -1.01. The molecule has 1 atom stereocenters. The number of ether oxygens (including phenoxy) is 1. The van der Waals surface area contributed by atoms with Gasteiger partial charge in [0.2, 0.25) is 11.8 Å². The van der Waals surface area contributed by atoms with Crippen molar-refractivity contribution < 1.29 is 19.1 Å². The molecule has 0 unspecified atom stereocenters. The van der Waals surface area contributed by atoms with Gasteiger partial charge in [0.25, 0.3) is 5.91 Å². The van der Waals surface area contributed by atoms with Gasteiger partial charge < -0.3 is 46.9 Å². The summed E-state index contributed by atoms with van der Waals surface area (Å²) in [4.78, 5) is 62.2. The van der Waals surface area contributed by atoms with E-state index in [0.29, 0.717) is 82.5 Å². The number of nitrogens with zero attached hydrogens (tertiary/aromatic N) is 6. The van der Waals surface area contributed by atoms with Gasteiger partial charge in [-0.05, 0) is 66.6 Å². The molecule has 2 aromatic carbocycles. The number of hydrogen-bond acceptors (Lipinski definition) is 12. The number of carbonyl (C=O) groups is 3. The normalized spacial score (nSPS) is 16.0. The average molecular weight is 865 g/mol. The standard InChI is InChI=1S/C45H57ClN12O4/c1-2-31-4-3-5-33(26-31)34-27-37(47)40(52-28-34)43(60)51-16-25-62-24-15-49-29-39(59)57-22-20-56(21-23-57)17-11-38(32-6-8-35(46)9-7-32)55-44(61)45(48)12-18-58(19-13-45)42-36-10-14-50-41(36)53-30-54-42/h3-10,14,26-28,30,38,49H,2,11-13,15-25,29,47-48H2,1H3,(H,51,60)(H,55,61)(H,50,53,54)/t38-/m1/s1. The van der Waals surface area contributed by atoms with Gasteiger partial charge in [0.1, 0.15) is 17.8 Å². The molecule has 0 spiro atoms. The molecule has 328 valence electrons. The van der Waals surface area contributed by atoms with Crippen LogP contribution in [0.3, 0.4) is 0 Å². The van der Waals surface area contributed by atoms with Crippen molar-refractivity contribution in [2.45, 2.75) is 44.2 Å². The Balaban J connectivity index is 0.784. The lowest BCUT2D eigenvalue weighted by atomic mass is 9.87. The lowest BCUT2D eigenvalue weighted by Gasteiger charge is -2.39.